The van der Waals surface area contributed by atoms with Gasteiger partial charge in [0, 0.05) is 11.8 Å². The van der Waals surface area contributed by atoms with E-state index in [0.29, 0.717) is 17.8 Å². The standard InChI is InChI=1S/C15H14F2N4/c1-15(10-6-11(16)8-19-7-10)9-20-14(18)21(15)13-5-3-2-4-12(13)17/h2-8H,9H2,1H3,(H2,18,20). The Balaban J connectivity index is 2.13. The molecule has 0 spiro atoms. The number of para-hydroxylation sites is 1. The molecule has 2 N–H and O–H groups in total. The summed E-state index contributed by atoms with van der Waals surface area (Å²) < 4.78 is 27.6. The van der Waals surface area contributed by atoms with E-state index in [-0.39, 0.29) is 5.96 Å². The predicted molar refractivity (Wildman–Crippen MR) is 76.9 cm³/mol. The van der Waals surface area contributed by atoms with E-state index in [2.05, 4.69) is 9.98 Å². The Kier molecular flexibility index (Phi) is 3.08. The lowest BCUT2D eigenvalue weighted by Crippen LogP contribution is -2.48. The van der Waals surface area contributed by atoms with Crippen LogP contribution < -0.4 is 10.6 Å². The second-order valence-electron chi connectivity index (χ2n) is 5.13. The third-order valence-electron chi connectivity index (χ3n) is 3.69. The van der Waals surface area contributed by atoms with Crippen LogP contribution in [0, 0.1) is 11.6 Å². The van der Waals surface area contributed by atoms with Crippen molar-refractivity contribution in [2.24, 2.45) is 10.7 Å². The first-order valence-electron chi connectivity index (χ1n) is 6.48. The number of guanidine groups is 1. The molecular formula is C15H14F2N4. The lowest BCUT2D eigenvalue weighted by molar-refractivity contribution is 0.511. The molecule has 1 unspecified atom stereocenters. The number of benzene rings is 1. The molecule has 21 heavy (non-hydrogen) atoms. The summed E-state index contributed by atoms with van der Waals surface area (Å²) in [6.07, 6.45) is 2.67. The van der Waals surface area contributed by atoms with Crippen LogP contribution in [0.5, 0.6) is 0 Å². The van der Waals surface area contributed by atoms with Crippen molar-refractivity contribution in [2.45, 2.75) is 12.5 Å². The lowest BCUT2D eigenvalue weighted by atomic mass is 9.92. The molecule has 0 saturated carbocycles. The third-order valence-corrected chi connectivity index (χ3v) is 3.69. The van der Waals surface area contributed by atoms with Crippen molar-refractivity contribution >= 4 is 11.6 Å². The highest BCUT2D eigenvalue weighted by Crippen LogP contribution is 2.37. The number of hydrogen-bond acceptors (Lipinski definition) is 4. The van der Waals surface area contributed by atoms with Gasteiger partial charge >= 0.3 is 0 Å². The molecule has 1 atom stereocenters. The second kappa shape index (κ2) is 4.80. The molecule has 0 fully saturated rings. The highest BCUT2D eigenvalue weighted by molar-refractivity contribution is 5.98. The van der Waals surface area contributed by atoms with Crippen LogP contribution in [0.1, 0.15) is 12.5 Å². The monoisotopic (exact) mass is 288 g/mol. The van der Waals surface area contributed by atoms with Gasteiger partial charge in [0.05, 0.1) is 24.0 Å². The molecule has 3 rings (SSSR count). The summed E-state index contributed by atoms with van der Waals surface area (Å²) in [6, 6.07) is 7.66. The van der Waals surface area contributed by atoms with Gasteiger partial charge in [-0.05, 0) is 25.1 Å². The Bertz CT molecular complexity index is 716. The zero-order chi connectivity index (χ0) is 15.0. The molecular weight excluding hydrogens is 274 g/mol. The molecule has 1 aromatic heterocycles. The van der Waals surface area contributed by atoms with Gasteiger partial charge < -0.3 is 5.73 Å². The number of hydrogen-bond donors (Lipinski definition) is 1. The number of anilines is 1. The quantitative estimate of drug-likeness (QED) is 0.923. The maximum Gasteiger partial charge on any atom is 0.196 e. The Hall–Kier alpha value is -2.50. The molecule has 6 heteroatoms. The normalized spacial score (nSPS) is 21.5. The van der Waals surface area contributed by atoms with Gasteiger partial charge in [0.15, 0.2) is 5.96 Å². The van der Waals surface area contributed by atoms with Gasteiger partial charge in [0.1, 0.15) is 11.6 Å². The Morgan fingerprint density at radius 2 is 2.00 bits per heavy atom. The molecule has 108 valence electrons. The first-order valence-corrected chi connectivity index (χ1v) is 6.48. The van der Waals surface area contributed by atoms with E-state index in [4.69, 9.17) is 5.73 Å². The molecule has 0 aliphatic carbocycles. The summed E-state index contributed by atoms with van der Waals surface area (Å²) in [4.78, 5) is 9.64. The fraction of sp³-hybridized carbons (Fsp3) is 0.200. The number of pyridine rings is 1. The fourth-order valence-electron chi connectivity index (χ4n) is 2.58. The lowest BCUT2D eigenvalue weighted by Gasteiger charge is -2.36. The highest BCUT2D eigenvalue weighted by atomic mass is 19.1. The first kappa shape index (κ1) is 13.5. The van der Waals surface area contributed by atoms with Crippen molar-refractivity contribution in [3.8, 4) is 0 Å². The molecule has 0 saturated heterocycles. The summed E-state index contributed by atoms with van der Waals surface area (Å²) in [6.45, 7) is 2.14. The average molecular weight is 288 g/mol. The van der Waals surface area contributed by atoms with Gasteiger partial charge in [-0.15, -0.1) is 0 Å². The van der Waals surface area contributed by atoms with Crippen LogP contribution >= 0.6 is 0 Å². The molecule has 1 aliphatic heterocycles. The van der Waals surface area contributed by atoms with Crippen LogP contribution in [0.4, 0.5) is 14.5 Å². The predicted octanol–water partition coefficient (Wildman–Crippen LogP) is 2.41. The van der Waals surface area contributed by atoms with Gasteiger partial charge in [-0.25, -0.2) is 8.78 Å². The highest BCUT2D eigenvalue weighted by Gasteiger charge is 2.42. The van der Waals surface area contributed by atoms with E-state index in [1.807, 2.05) is 6.92 Å². The van der Waals surface area contributed by atoms with Crippen LogP contribution in [0.3, 0.4) is 0 Å². The zero-order valence-electron chi connectivity index (χ0n) is 11.4. The van der Waals surface area contributed by atoms with Crippen LogP contribution in [0.2, 0.25) is 0 Å². The SMILES string of the molecule is CC1(c2cncc(F)c2)CN=C(N)N1c1ccccc1F. The number of aliphatic imine (C=N–C) groups is 1. The van der Waals surface area contributed by atoms with Crippen molar-refractivity contribution < 1.29 is 8.78 Å². The summed E-state index contributed by atoms with van der Waals surface area (Å²) in [5, 5.41) is 0. The third kappa shape index (κ3) is 2.12. The minimum absolute atomic E-state index is 0.201. The molecule has 2 aromatic rings. The minimum atomic E-state index is -0.776. The number of halogens is 2. The van der Waals surface area contributed by atoms with Crippen molar-refractivity contribution in [1.29, 1.82) is 0 Å². The van der Waals surface area contributed by atoms with E-state index >= 15 is 0 Å². The molecule has 0 amide bonds. The van der Waals surface area contributed by atoms with Crippen LogP contribution in [0.25, 0.3) is 0 Å². The summed E-state index contributed by atoms with van der Waals surface area (Å²) in [5.41, 5.74) is 6.05. The van der Waals surface area contributed by atoms with E-state index in [9.17, 15) is 8.78 Å². The Morgan fingerprint density at radius 3 is 2.71 bits per heavy atom. The summed E-state index contributed by atoms with van der Waals surface area (Å²) in [7, 11) is 0. The van der Waals surface area contributed by atoms with Crippen LogP contribution in [-0.2, 0) is 5.54 Å². The summed E-state index contributed by atoms with van der Waals surface area (Å²) in [5.74, 6) is -0.660. The minimum Gasteiger partial charge on any atom is -0.369 e. The Labute approximate surface area is 120 Å². The first-order chi connectivity index (χ1) is 10.0. The van der Waals surface area contributed by atoms with Crippen molar-refractivity contribution in [3.05, 3.63) is 59.9 Å². The van der Waals surface area contributed by atoms with E-state index in [0.717, 1.165) is 6.20 Å². The smallest absolute Gasteiger partial charge is 0.196 e. The maximum atomic E-state index is 14.1. The molecule has 0 bridgehead atoms. The fourth-order valence-corrected chi connectivity index (χ4v) is 2.58. The van der Waals surface area contributed by atoms with Gasteiger partial charge in [0.25, 0.3) is 0 Å². The van der Waals surface area contributed by atoms with Crippen molar-refractivity contribution in [3.63, 3.8) is 0 Å². The van der Waals surface area contributed by atoms with Crippen molar-refractivity contribution in [2.75, 3.05) is 11.4 Å². The maximum absolute atomic E-state index is 14.1. The largest absolute Gasteiger partial charge is 0.369 e. The second-order valence-corrected chi connectivity index (χ2v) is 5.13. The van der Waals surface area contributed by atoms with Gasteiger partial charge in [-0.2, -0.15) is 0 Å². The number of nitrogens with two attached hydrogens (primary N) is 1. The Morgan fingerprint density at radius 1 is 1.24 bits per heavy atom. The number of rotatable bonds is 2. The topological polar surface area (TPSA) is 54.5 Å². The van der Waals surface area contributed by atoms with Gasteiger partial charge in [-0.3, -0.25) is 14.9 Å². The molecule has 1 aliphatic rings. The molecule has 2 heterocycles. The molecule has 1 aromatic carbocycles. The summed E-state index contributed by atoms with van der Waals surface area (Å²) >= 11 is 0. The van der Waals surface area contributed by atoms with Crippen LogP contribution in [-0.4, -0.2) is 17.5 Å². The van der Waals surface area contributed by atoms with Gasteiger partial charge in [0.2, 0.25) is 0 Å². The zero-order valence-corrected chi connectivity index (χ0v) is 11.4. The number of aromatic nitrogens is 1. The van der Waals surface area contributed by atoms with E-state index < -0.39 is 17.2 Å². The van der Waals surface area contributed by atoms with E-state index in [1.54, 1.807) is 29.3 Å². The van der Waals surface area contributed by atoms with Gasteiger partial charge in [-0.1, -0.05) is 12.1 Å². The molecule has 0 radical (unpaired) electrons. The van der Waals surface area contributed by atoms with Crippen LogP contribution in [0.15, 0.2) is 47.7 Å². The average Bonchev–Trinajstić information content (AvgIpc) is 2.77. The van der Waals surface area contributed by atoms with E-state index in [1.165, 1.54) is 12.1 Å². The molecule has 4 nitrogen and oxygen atoms in total. The van der Waals surface area contributed by atoms with Crippen molar-refractivity contribution in [1.82, 2.24) is 4.98 Å². The number of nitrogens with zero attached hydrogens (tertiary/aromatic N) is 3.